The van der Waals surface area contributed by atoms with E-state index in [-0.39, 0.29) is 0 Å². The smallest absolute Gasteiger partial charge is 0.191 e. The zero-order valence-corrected chi connectivity index (χ0v) is 17.9. The first-order valence-electron chi connectivity index (χ1n) is 9.74. The van der Waals surface area contributed by atoms with Gasteiger partial charge in [-0.15, -0.1) is 0 Å². The van der Waals surface area contributed by atoms with Gasteiger partial charge < -0.3 is 14.8 Å². The Balaban J connectivity index is 1.60. The van der Waals surface area contributed by atoms with Crippen molar-refractivity contribution in [2.24, 2.45) is 5.10 Å². The highest BCUT2D eigenvalue weighted by atomic mass is 32.1. The first-order chi connectivity index (χ1) is 14.6. The van der Waals surface area contributed by atoms with E-state index in [9.17, 15) is 0 Å². The van der Waals surface area contributed by atoms with Crippen molar-refractivity contribution in [1.29, 1.82) is 0 Å². The lowest BCUT2D eigenvalue weighted by Gasteiger charge is -2.13. The van der Waals surface area contributed by atoms with E-state index in [0.717, 1.165) is 16.8 Å². The number of rotatable bonds is 8. The average Bonchev–Trinajstić information content (AvgIpc) is 2.74. The second kappa shape index (κ2) is 11.0. The fourth-order valence-electron chi connectivity index (χ4n) is 2.80. The highest BCUT2D eigenvalue weighted by molar-refractivity contribution is 7.80. The molecule has 0 aliphatic rings. The summed E-state index contributed by atoms with van der Waals surface area (Å²) in [6.45, 7) is 5.04. The van der Waals surface area contributed by atoms with Gasteiger partial charge in [-0.25, -0.2) is 0 Å². The van der Waals surface area contributed by atoms with Crippen LogP contribution in [0.2, 0.25) is 0 Å². The molecule has 0 saturated carbocycles. The van der Waals surface area contributed by atoms with E-state index in [1.165, 1.54) is 5.56 Å². The SMILES string of the molecule is CCOc1cc(C=NNC(=S)Nc2ccccc2)ccc1OCc1cccc(C)c1. The van der Waals surface area contributed by atoms with Crippen LogP contribution >= 0.6 is 12.2 Å². The predicted molar refractivity (Wildman–Crippen MR) is 127 cm³/mol. The van der Waals surface area contributed by atoms with E-state index in [1.54, 1.807) is 6.21 Å². The zero-order valence-electron chi connectivity index (χ0n) is 17.1. The molecule has 0 bridgehead atoms. The first-order valence-corrected chi connectivity index (χ1v) is 10.1. The second-order valence-electron chi connectivity index (χ2n) is 6.61. The van der Waals surface area contributed by atoms with E-state index in [0.29, 0.717) is 29.8 Å². The van der Waals surface area contributed by atoms with Crippen LogP contribution in [-0.2, 0) is 6.61 Å². The lowest BCUT2D eigenvalue weighted by atomic mass is 10.1. The van der Waals surface area contributed by atoms with Crippen molar-refractivity contribution in [2.45, 2.75) is 20.5 Å². The van der Waals surface area contributed by atoms with E-state index in [2.05, 4.69) is 34.9 Å². The molecule has 0 atom stereocenters. The maximum absolute atomic E-state index is 5.98. The molecule has 154 valence electrons. The fraction of sp³-hybridized carbons (Fsp3) is 0.167. The Morgan fingerprint density at radius 3 is 2.57 bits per heavy atom. The Hall–Kier alpha value is -3.38. The third-order valence-electron chi connectivity index (χ3n) is 4.16. The molecule has 2 N–H and O–H groups in total. The molecule has 5 nitrogen and oxygen atoms in total. The Bertz CT molecular complexity index is 1010. The fourth-order valence-corrected chi connectivity index (χ4v) is 2.97. The number of thiocarbonyl (C=S) groups is 1. The highest BCUT2D eigenvalue weighted by Gasteiger charge is 2.07. The van der Waals surface area contributed by atoms with Crippen LogP contribution in [0.1, 0.15) is 23.6 Å². The molecule has 0 saturated heterocycles. The standard InChI is InChI=1S/C24H25N3O2S/c1-3-28-23-15-19(16-25-27-24(30)26-21-10-5-4-6-11-21)12-13-22(23)29-17-20-9-7-8-18(2)14-20/h4-16H,3,17H2,1-2H3,(H2,26,27,30). The van der Waals surface area contributed by atoms with Gasteiger partial charge in [0.1, 0.15) is 6.61 Å². The number of hydrogen-bond acceptors (Lipinski definition) is 4. The van der Waals surface area contributed by atoms with Gasteiger partial charge in [0.25, 0.3) is 0 Å². The van der Waals surface area contributed by atoms with Gasteiger partial charge in [-0.1, -0.05) is 48.0 Å². The van der Waals surface area contributed by atoms with Crippen LogP contribution in [0.5, 0.6) is 11.5 Å². The molecular formula is C24H25N3O2S. The predicted octanol–water partition coefficient (Wildman–Crippen LogP) is 5.29. The number of hydrogen-bond donors (Lipinski definition) is 2. The van der Waals surface area contributed by atoms with Crippen molar-refractivity contribution >= 4 is 29.2 Å². The Kier molecular flexibility index (Phi) is 7.80. The zero-order chi connectivity index (χ0) is 21.2. The van der Waals surface area contributed by atoms with Crippen LogP contribution in [0.25, 0.3) is 0 Å². The number of para-hydroxylation sites is 1. The summed E-state index contributed by atoms with van der Waals surface area (Å²) in [4.78, 5) is 0. The minimum absolute atomic E-state index is 0.417. The minimum atomic E-state index is 0.417. The van der Waals surface area contributed by atoms with Gasteiger partial charge in [0.15, 0.2) is 16.6 Å². The molecule has 0 fully saturated rings. The van der Waals surface area contributed by atoms with Gasteiger partial charge in [-0.05, 0) is 67.5 Å². The van der Waals surface area contributed by atoms with Crippen LogP contribution in [-0.4, -0.2) is 17.9 Å². The molecule has 30 heavy (non-hydrogen) atoms. The molecule has 0 heterocycles. The molecule has 3 rings (SSSR count). The second-order valence-corrected chi connectivity index (χ2v) is 7.02. The van der Waals surface area contributed by atoms with Crippen molar-refractivity contribution in [1.82, 2.24) is 5.43 Å². The third kappa shape index (κ3) is 6.60. The van der Waals surface area contributed by atoms with E-state index in [1.807, 2.05) is 67.6 Å². The van der Waals surface area contributed by atoms with Crippen LogP contribution in [0, 0.1) is 6.92 Å². The van der Waals surface area contributed by atoms with Crippen LogP contribution in [0.15, 0.2) is 77.9 Å². The summed E-state index contributed by atoms with van der Waals surface area (Å²) in [7, 11) is 0. The molecule has 0 amide bonds. The average molecular weight is 420 g/mol. The number of benzene rings is 3. The Morgan fingerprint density at radius 2 is 1.80 bits per heavy atom. The lowest BCUT2D eigenvalue weighted by Crippen LogP contribution is -2.23. The van der Waals surface area contributed by atoms with Gasteiger partial charge >= 0.3 is 0 Å². The van der Waals surface area contributed by atoms with Gasteiger partial charge in [-0.2, -0.15) is 5.10 Å². The number of nitrogens with one attached hydrogen (secondary N) is 2. The van der Waals surface area contributed by atoms with E-state index in [4.69, 9.17) is 21.7 Å². The normalized spacial score (nSPS) is 10.6. The quantitative estimate of drug-likeness (QED) is 0.295. The molecule has 0 unspecified atom stereocenters. The molecule has 0 radical (unpaired) electrons. The summed E-state index contributed by atoms with van der Waals surface area (Å²) in [5, 5.41) is 7.68. The summed E-state index contributed by atoms with van der Waals surface area (Å²) in [5.41, 5.74) is 6.91. The first kappa shape index (κ1) is 21.3. The largest absolute Gasteiger partial charge is 0.490 e. The maximum Gasteiger partial charge on any atom is 0.191 e. The number of aryl methyl sites for hydroxylation is 1. The van der Waals surface area contributed by atoms with Crippen molar-refractivity contribution in [2.75, 3.05) is 11.9 Å². The Labute approximate surface area is 182 Å². The van der Waals surface area contributed by atoms with Crippen molar-refractivity contribution in [3.05, 3.63) is 89.5 Å². The summed E-state index contributed by atoms with van der Waals surface area (Å²) in [5.74, 6) is 1.38. The topological polar surface area (TPSA) is 54.9 Å². The van der Waals surface area contributed by atoms with Crippen LogP contribution in [0.3, 0.4) is 0 Å². The summed E-state index contributed by atoms with van der Waals surface area (Å²) in [6.07, 6.45) is 1.69. The molecule has 0 spiro atoms. The van der Waals surface area contributed by atoms with Crippen molar-refractivity contribution < 1.29 is 9.47 Å². The Morgan fingerprint density at radius 1 is 0.967 bits per heavy atom. The van der Waals surface area contributed by atoms with E-state index >= 15 is 0 Å². The molecule has 0 aliphatic heterocycles. The monoisotopic (exact) mass is 419 g/mol. The number of nitrogens with zero attached hydrogens (tertiary/aromatic N) is 1. The maximum atomic E-state index is 5.98. The van der Waals surface area contributed by atoms with Gasteiger partial charge in [0.05, 0.1) is 12.8 Å². The third-order valence-corrected chi connectivity index (χ3v) is 4.35. The van der Waals surface area contributed by atoms with Gasteiger partial charge in [0, 0.05) is 5.69 Å². The molecule has 3 aromatic rings. The molecule has 6 heteroatoms. The lowest BCUT2D eigenvalue weighted by molar-refractivity contribution is 0.269. The van der Waals surface area contributed by atoms with Gasteiger partial charge in [0.2, 0.25) is 0 Å². The minimum Gasteiger partial charge on any atom is -0.490 e. The number of anilines is 1. The van der Waals surface area contributed by atoms with Gasteiger partial charge in [-0.3, -0.25) is 5.43 Å². The molecule has 3 aromatic carbocycles. The van der Waals surface area contributed by atoms with Crippen molar-refractivity contribution in [3.8, 4) is 11.5 Å². The summed E-state index contributed by atoms with van der Waals surface area (Å²) < 4.78 is 11.7. The van der Waals surface area contributed by atoms with Crippen molar-refractivity contribution in [3.63, 3.8) is 0 Å². The molecule has 0 aliphatic carbocycles. The number of hydrazone groups is 1. The number of ether oxygens (including phenoxy) is 2. The van der Waals surface area contributed by atoms with Crippen LogP contribution in [0.4, 0.5) is 5.69 Å². The highest BCUT2D eigenvalue weighted by Crippen LogP contribution is 2.29. The molecule has 0 aromatic heterocycles. The van der Waals surface area contributed by atoms with Crippen LogP contribution < -0.4 is 20.2 Å². The summed E-state index contributed by atoms with van der Waals surface area (Å²) >= 11 is 5.25. The molecular weight excluding hydrogens is 394 g/mol. The summed E-state index contributed by atoms with van der Waals surface area (Å²) in [6, 6.07) is 23.7. The van der Waals surface area contributed by atoms with E-state index < -0.39 is 0 Å².